The van der Waals surface area contributed by atoms with Gasteiger partial charge in [-0.15, -0.1) is 0 Å². The summed E-state index contributed by atoms with van der Waals surface area (Å²) in [6.45, 7) is 4.30. The zero-order valence-corrected chi connectivity index (χ0v) is 6.80. The summed E-state index contributed by atoms with van der Waals surface area (Å²) in [6, 6.07) is 0. The van der Waals surface area contributed by atoms with Gasteiger partial charge in [-0.3, -0.25) is 0 Å². The molecular formula is C9H16O. The maximum atomic E-state index is 9.80. The first-order valence-electron chi connectivity index (χ1n) is 4.00. The summed E-state index contributed by atoms with van der Waals surface area (Å²) >= 11 is 0. The van der Waals surface area contributed by atoms with E-state index in [1.165, 1.54) is 0 Å². The van der Waals surface area contributed by atoms with Crippen LogP contribution in [0.3, 0.4) is 0 Å². The Hall–Kier alpha value is -0.300. The van der Waals surface area contributed by atoms with Gasteiger partial charge in [0, 0.05) is 0 Å². The molecule has 10 heavy (non-hydrogen) atoms. The van der Waals surface area contributed by atoms with E-state index in [2.05, 4.69) is 26.0 Å². The zero-order valence-electron chi connectivity index (χ0n) is 6.80. The van der Waals surface area contributed by atoms with Gasteiger partial charge in [0.25, 0.3) is 0 Å². The Morgan fingerprint density at radius 2 is 1.90 bits per heavy atom. The zero-order chi connectivity index (χ0) is 7.61. The first-order chi connectivity index (χ1) is 4.62. The summed E-state index contributed by atoms with van der Waals surface area (Å²) in [6.07, 6.45) is 6.78. The highest BCUT2D eigenvalue weighted by atomic mass is 16.3. The molecule has 0 amide bonds. The second kappa shape index (κ2) is 2.75. The standard InChI is InChI=1S/C9H16O/c1-8(2)7-9(10)5-3-4-6-9/h3-4,8,10H,5-7H2,1-2H3. The van der Waals surface area contributed by atoms with E-state index in [0.717, 1.165) is 19.3 Å². The highest BCUT2D eigenvalue weighted by molar-refractivity contribution is 5.03. The van der Waals surface area contributed by atoms with Crippen LogP contribution in [-0.2, 0) is 0 Å². The van der Waals surface area contributed by atoms with E-state index in [0.29, 0.717) is 5.92 Å². The van der Waals surface area contributed by atoms with Crippen LogP contribution in [0.15, 0.2) is 12.2 Å². The monoisotopic (exact) mass is 140 g/mol. The molecule has 1 N–H and O–H groups in total. The number of hydrogen-bond donors (Lipinski definition) is 1. The first-order valence-corrected chi connectivity index (χ1v) is 4.00. The normalized spacial score (nSPS) is 22.4. The maximum Gasteiger partial charge on any atom is 0.0718 e. The van der Waals surface area contributed by atoms with Crippen molar-refractivity contribution in [3.05, 3.63) is 12.2 Å². The second-order valence-corrected chi connectivity index (χ2v) is 3.70. The Kier molecular flexibility index (Phi) is 2.14. The minimum Gasteiger partial charge on any atom is -0.389 e. The molecule has 0 atom stereocenters. The van der Waals surface area contributed by atoms with Gasteiger partial charge in [-0.2, -0.15) is 0 Å². The lowest BCUT2D eigenvalue weighted by atomic mass is 9.90. The van der Waals surface area contributed by atoms with Crippen molar-refractivity contribution in [3.8, 4) is 0 Å². The molecule has 1 aliphatic rings. The fourth-order valence-corrected chi connectivity index (χ4v) is 1.62. The summed E-state index contributed by atoms with van der Waals surface area (Å²) in [5.41, 5.74) is -0.395. The Balaban J connectivity index is 2.38. The number of rotatable bonds is 2. The van der Waals surface area contributed by atoms with Crippen LogP contribution in [0.25, 0.3) is 0 Å². The summed E-state index contributed by atoms with van der Waals surface area (Å²) < 4.78 is 0. The lowest BCUT2D eigenvalue weighted by Gasteiger charge is -2.23. The van der Waals surface area contributed by atoms with Crippen molar-refractivity contribution < 1.29 is 5.11 Å². The minimum atomic E-state index is -0.395. The Labute approximate surface area is 62.8 Å². The molecule has 0 fully saturated rings. The third-order valence-electron chi connectivity index (χ3n) is 1.95. The molecule has 0 bridgehead atoms. The molecule has 1 aliphatic carbocycles. The van der Waals surface area contributed by atoms with Gasteiger partial charge in [-0.05, 0) is 25.2 Å². The minimum absolute atomic E-state index is 0.395. The van der Waals surface area contributed by atoms with Gasteiger partial charge in [0.2, 0.25) is 0 Å². The highest BCUT2D eigenvalue weighted by Gasteiger charge is 2.27. The van der Waals surface area contributed by atoms with Crippen LogP contribution in [0.1, 0.15) is 33.1 Å². The maximum absolute atomic E-state index is 9.80. The molecule has 1 nitrogen and oxygen atoms in total. The van der Waals surface area contributed by atoms with Crippen molar-refractivity contribution in [2.45, 2.75) is 38.7 Å². The molecule has 0 radical (unpaired) electrons. The van der Waals surface area contributed by atoms with E-state index < -0.39 is 5.60 Å². The van der Waals surface area contributed by atoms with Crippen LogP contribution in [0.5, 0.6) is 0 Å². The van der Waals surface area contributed by atoms with Crippen molar-refractivity contribution in [2.75, 3.05) is 0 Å². The van der Waals surface area contributed by atoms with Crippen molar-refractivity contribution in [3.63, 3.8) is 0 Å². The molecule has 0 aromatic rings. The molecule has 0 saturated heterocycles. The van der Waals surface area contributed by atoms with Gasteiger partial charge in [-0.25, -0.2) is 0 Å². The van der Waals surface area contributed by atoms with E-state index in [9.17, 15) is 5.11 Å². The molecule has 0 aliphatic heterocycles. The number of hydrogen-bond acceptors (Lipinski definition) is 1. The average molecular weight is 140 g/mol. The Morgan fingerprint density at radius 1 is 1.40 bits per heavy atom. The van der Waals surface area contributed by atoms with E-state index in [-0.39, 0.29) is 0 Å². The van der Waals surface area contributed by atoms with Gasteiger partial charge in [0.05, 0.1) is 5.60 Å². The van der Waals surface area contributed by atoms with Crippen LogP contribution in [-0.4, -0.2) is 10.7 Å². The van der Waals surface area contributed by atoms with E-state index in [1.54, 1.807) is 0 Å². The van der Waals surface area contributed by atoms with Gasteiger partial charge in [-0.1, -0.05) is 26.0 Å². The number of aliphatic hydroxyl groups is 1. The quantitative estimate of drug-likeness (QED) is 0.582. The predicted octanol–water partition coefficient (Wildman–Crippen LogP) is 2.11. The van der Waals surface area contributed by atoms with Crippen molar-refractivity contribution in [2.24, 2.45) is 5.92 Å². The van der Waals surface area contributed by atoms with Crippen molar-refractivity contribution >= 4 is 0 Å². The summed E-state index contributed by atoms with van der Waals surface area (Å²) in [5, 5.41) is 9.80. The third-order valence-corrected chi connectivity index (χ3v) is 1.95. The summed E-state index contributed by atoms with van der Waals surface area (Å²) in [4.78, 5) is 0. The molecule has 0 spiro atoms. The van der Waals surface area contributed by atoms with E-state index in [1.807, 2.05) is 0 Å². The summed E-state index contributed by atoms with van der Waals surface area (Å²) in [5.74, 6) is 0.602. The van der Waals surface area contributed by atoms with Crippen LogP contribution in [0.2, 0.25) is 0 Å². The largest absolute Gasteiger partial charge is 0.389 e. The summed E-state index contributed by atoms with van der Waals surface area (Å²) in [7, 11) is 0. The molecular weight excluding hydrogens is 124 g/mol. The van der Waals surface area contributed by atoms with E-state index >= 15 is 0 Å². The van der Waals surface area contributed by atoms with E-state index in [4.69, 9.17) is 0 Å². The van der Waals surface area contributed by atoms with Gasteiger partial charge in [0.15, 0.2) is 0 Å². The Bertz CT molecular complexity index is 128. The molecule has 0 aromatic carbocycles. The third kappa shape index (κ3) is 1.84. The fraction of sp³-hybridized carbons (Fsp3) is 0.778. The van der Waals surface area contributed by atoms with Crippen molar-refractivity contribution in [1.82, 2.24) is 0 Å². The van der Waals surface area contributed by atoms with Crippen LogP contribution < -0.4 is 0 Å². The molecule has 0 unspecified atom stereocenters. The molecule has 1 rings (SSSR count). The second-order valence-electron chi connectivity index (χ2n) is 3.70. The average Bonchev–Trinajstić information content (AvgIpc) is 2.12. The highest BCUT2D eigenvalue weighted by Crippen LogP contribution is 2.29. The van der Waals surface area contributed by atoms with Crippen LogP contribution in [0.4, 0.5) is 0 Å². The van der Waals surface area contributed by atoms with Gasteiger partial charge >= 0.3 is 0 Å². The lowest BCUT2D eigenvalue weighted by molar-refractivity contribution is 0.0326. The van der Waals surface area contributed by atoms with Gasteiger partial charge in [0.1, 0.15) is 0 Å². The predicted molar refractivity (Wildman–Crippen MR) is 42.8 cm³/mol. The first kappa shape index (κ1) is 7.80. The van der Waals surface area contributed by atoms with Gasteiger partial charge < -0.3 is 5.11 Å². The molecule has 0 saturated carbocycles. The molecule has 0 heterocycles. The SMILES string of the molecule is CC(C)CC1(O)CC=CC1. The molecule has 1 heteroatoms. The topological polar surface area (TPSA) is 20.2 Å². The van der Waals surface area contributed by atoms with Crippen LogP contribution >= 0.6 is 0 Å². The Morgan fingerprint density at radius 3 is 2.30 bits per heavy atom. The molecule has 0 aromatic heterocycles. The lowest BCUT2D eigenvalue weighted by Crippen LogP contribution is -2.26. The molecule has 58 valence electrons. The smallest absolute Gasteiger partial charge is 0.0718 e. The van der Waals surface area contributed by atoms with Crippen molar-refractivity contribution in [1.29, 1.82) is 0 Å². The van der Waals surface area contributed by atoms with Crippen LogP contribution in [0, 0.1) is 5.92 Å². The fourth-order valence-electron chi connectivity index (χ4n) is 1.62.